The van der Waals surface area contributed by atoms with Gasteiger partial charge in [-0.05, 0) is 20.3 Å². The summed E-state index contributed by atoms with van der Waals surface area (Å²) in [4.78, 5) is 16.8. The lowest BCUT2D eigenvalue weighted by Crippen LogP contribution is -2.48. The fraction of sp³-hybridized carbons (Fsp3) is 0.875. The third-order valence-electron chi connectivity index (χ3n) is 2.42. The van der Waals surface area contributed by atoms with Crippen LogP contribution in [-0.2, 0) is 19.5 Å². The van der Waals surface area contributed by atoms with Gasteiger partial charge in [0, 0.05) is 6.26 Å². The number of carbonyl (C=O) groups is 1. The number of amides is 1. The summed E-state index contributed by atoms with van der Waals surface area (Å²) in [6.07, 6.45) is 1.81. The molecule has 14 heavy (non-hydrogen) atoms. The van der Waals surface area contributed by atoms with Crippen LogP contribution in [0.5, 0.6) is 0 Å². The van der Waals surface area contributed by atoms with Gasteiger partial charge in [-0.2, -0.15) is 0 Å². The van der Waals surface area contributed by atoms with Crippen molar-refractivity contribution in [2.24, 2.45) is 0 Å². The Morgan fingerprint density at radius 2 is 2.00 bits per heavy atom. The SMILES string of the molecule is CC(C)(C(=O)N1CCCO1)S(C)(=O)=O. The van der Waals surface area contributed by atoms with Crippen LogP contribution in [0.15, 0.2) is 0 Å². The van der Waals surface area contributed by atoms with Crippen LogP contribution >= 0.6 is 0 Å². The lowest BCUT2D eigenvalue weighted by Gasteiger charge is -2.25. The maximum Gasteiger partial charge on any atom is 0.266 e. The summed E-state index contributed by atoms with van der Waals surface area (Å²) in [5.74, 6) is -0.488. The first-order chi connectivity index (χ1) is 6.27. The molecule has 1 aliphatic rings. The van der Waals surface area contributed by atoms with Crippen LogP contribution in [0.4, 0.5) is 0 Å². The molecule has 0 saturated carbocycles. The Balaban J connectivity index is 2.87. The number of nitrogens with zero attached hydrogens (tertiary/aromatic N) is 1. The van der Waals surface area contributed by atoms with Crippen LogP contribution < -0.4 is 0 Å². The summed E-state index contributed by atoms with van der Waals surface area (Å²) in [7, 11) is -3.41. The molecule has 1 aliphatic heterocycles. The molecule has 0 N–H and O–H groups in total. The minimum atomic E-state index is -3.41. The number of sulfone groups is 1. The molecule has 82 valence electrons. The van der Waals surface area contributed by atoms with E-state index in [1.807, 2.05) is 0 Å². The van der Waals surface area contributed by atoms with Crippen LogP contribution in [0, 0.1) is 0 Å². The summed E-state index contributed by atoms with van der Waals surface area (Å²) >= 11 is 0. The third-order valence-corrected chi connectivity index (χ3v) is 4.45. The second-order valence-corrected chi connectivity index (χ2v) is 6.44. The fourth-order valence-corrected chi connectivity index (χ4v) is 1.49. The molecule has 1 fully saturated rings. The van der Waals surface area contributed by atoms with Gasteiger partial charge in [0.25, 0.3) is 5.91 Å². The molecule has 0 unspecified atom stereocenters. The van der Waals surface area contributed by atoms with Crippen molar-refractivity contribution in [1.82, 2.24) is 5.06 Å². The molecular weight excluding hydrogens is 206 g/mol. The summed E-state index contributed by atoms with van der Waals surface area (Å²) in [6.45, 7) is 3.74. The number of hydrogen-bond acceptors (Lipinski definition) is 4. The summed E-state index contributed by atoms with van der Waals surface area (Å²) < 4.78 is 21.3. The van der Waals surface area contributed by atoms with E-state index < -0.39 is 20.5 Å². The van der Waals surface area contributed by atoms with E-state index in [1.54, 1.807) is 0 Å². The monoisotopic (exact) mass is 221 g/mol. The molecule has 1 amide bonds. The molecule has 1 heterocycles. The number of carbonyl (C=O) groups excluding carboxylic acids is 1. The standard InChI is InChI=1S/C8H15NO4S/c1-8(2,14(3,11)12)7(10)9-5-4-6-13-9/h4-6H2,1-3H3. The molecule has 0 aromatic heterocycles. The first kappa shape index (κ1) is 11.5. The van der Waals surface area contributed by atoms with Gasteiger partial charge in [0.05, 0.1) is 13.2 Å². The molecule has 0 aliphatic carbocycles. The van der Waals surface area contributed by atoms with E-state index in [4.69, 9.17) is 4.84 Å². The van der Waals surface area contributed by atoms with Crippen molar-refractivity contribution in [1.29, 1.82) is 0 Å². The number of hydrogen-bond donors (Lipinski definition) is 0. The van der Waals surface area contributed by atoms with Crippen LogP contribution in [0.3, 0.4) is 0 Å². The van der Waals surface area contributed by atoms with E-state index in [0.29, 0.717) is 13.2 Å². The van der Waals surface area contributed by atoms with Crippen molar-refractivity contribution < 1.29 is 18.0 Å². The van der Waals surface area contributed by atoms with Crippen molar-refractivity contribution in [3.63, 3.8) is 0 Å². The summed E-state index contributed by atoms with van der Waals surface area (Å²) in [5, 5.41) is 1.14. The first-order valence-electron chi connectivity index (χ1n) is 4.41. The van der Waals surface area contributed by atoms with Crippen molar-refractivity contribution in [2.75, 3.05) is 19.4 Å². The summed E-state index contributed by atoms with van der Waals surface area (Å²) in [6, 6.07) is 0. The van der Waals surface area contributed by atoms with Crippen molar-refractivity contribution in [2.45, 2.75) is 25.0 Å². The van der Waals surface area contributed by atoms with E-state index in [0.717, 1.165) is 17.7 Å². The molecule has 0 bridgehead atoms. The van der Waals surface area contributed by atoms with E-state index in [1.165, 1.54) is 13.8 Å². The Hall–Kier alpha value is -0.620. The predicted octanol–water partition coefficient (Wildman–Crippen LogP) is -0.0265. The van der Waals surface area contributed by atoms with Gasteiger partial charge in [0.1, 0.15) is 4.75 Å². The van der Waals surface area contributed by atoms with Gasteiger partial charge in [0.2, 0.25) is 0 Å². The van der Waals surface area contributed by atoms with Gasteiger partial charge in [-0.25, -0.2) is 13.5 Å². The lowest BCUT2D eigenvalue weighted by molar-refractivity contribution is -0.170. The van der Waals surface area contributed by atoms with Gasteiger partial charge in [0.15, 0.2) is 9.84 Å². The number of rotatable bonds is 2. The normalized spacial score (nSPS) is 18.6. The average molecular weight is 221 g/mol. The van der Waals surface area contributed by atoms with Gasteiger partial charge in [-0.1, -0.05) is 0 Å². The van der Waals surface area contributed by atoms with Gasteiger partial charge in [-0.3, -0.25) is 9.63 Å². The van der Waals surface area contributed by atoms with Crippen LogP contribution in [0.1, 0.15) is 20.3 Å². The molecule has 0 aromatic carbocycles. The first-order valence-corrected chi connectivity index (χ1v) is 6.30. The predicted molar refractivity (Wildman–Crippen MR) is 51.2 cm³/mol. The highest BCUT2D eigenvalue weighted by Crippen LogP contribution is 2.20. The molecular formula is C8H15NO4S. The van der Waals surface area contributed by atoms with E-state index in [9.17, 15) is 13.2 Å². The third kappa shape index (κ3) is 1.90. The highest BCUT2D eigenvalue weighted by Gasteiger charge is 2.42. The highest BCUT2D eigenvalue weighted by atomic mass is 32.2. The largest absolute Gasteiger partial charge is 0.271 e. The number of hydroxylamine groups is 2. The van der Waals surface area contributed by atoms with Gasteiger partial charge in [-0.15, -0.1) is 0 Å². The maximum atomic E-state index is 11.7. The van der Waals surface area contributed by atoms with Crippen LogP contribution in [0.2, 0.25) is 0 Å². The Bertz CT molecular complexity index is 327. The smallest absolute Gasteiger partial charge is 0.266 e. The van der Waals surface area contributed by atoms with Crippen molar-refractivity contribution >= 4 is 15.7 Å². The zero-order valence-corrected chi connectivity index (χ0v) is 9.43. The molecule has 1 saturated heterocycles. The minimum absolute atomic E-state index is 0.470. The second-order valence-electron chi connectivity index (χ2n) is 3.88. The van der Waals surface area contributed by atoms with Crippen LogP contribution in [-0.4, -0.2) is 43.5 Å². The molecule has 6 heteroatoms. The van der Waals surface area contributed by atoms with Gasteiger partial charge >= 0.3 is 0 Å². The molecule has 1 rings (SSSR count). The Labute approximate surface area is 83.9 Å². The average Bonchev–Trinajstić information content (AvgIpc) is 2.52. The minimum Gasteiger partial charge on any atom is -0.271 e. The molecule has 0 radical (unpaired) electrons. The maximum absolute atomic E-state index is 11.7. The van der Waals surface area contributed by atoms with E-state index in [2.05, 4.69) is 0 Å². The lowest BCUT2D eigenvalue weighted by atomic mass is 10.2. The zero-order chi connectivity index (χ0) is 11.0. The molecule has 0 aromatic rings. The highest BCUT2D eigenvalue weighted by molar-refractivity contribution is 7.92. The Kier molecular flexibility index (Phi) is 2.87. The molecule has 0 spiro atoms. The molecule has 0 atom stereocenters. The second kappa shape index (κ2) is 3.51. The zero-order valence-electron chi connectivity index (χ0n) is 8.61. The molecule has 5 nitrogen and oxygen atoms in total. The van der Waals surface area contributed by atoms with Crippen LogP contribution in [0.25, 0.3) is 0 Å². The Morgan fingerprint density at radius 1 is 1.43 bits per heavy atom. The van der Waals surface area contributed by atoms with Crippen molar-refractivity contribution in [3.05, 3.63) is 0 Å². The van der Waals surface area contributed by atoms with E-state index >= 15 is 0 Å². The quantitative estimate of drug-likeness (QED) is 0.657. The van der Waals surface area contributed by atoms with Gasteiger partial charge < -0.3 is 0 Å². The van der Waals surface area contributed by atoms with E-state index in [-0.39, 0.29) is 0 Å². The Morgan fingerprint density at radius 3 is 2.36 bits per heavy atom. The fourth-order valence-electron chi connectivity index (χ4n) is 1.07. The summed E-state index contributed by atoms with van der Waals surface area (Å²) in [5.41, 5.74) is 0. The van der Waals surface area contributed by atoms with Crippen molar-refractivity contribution in [3.8, 4) is 0 Å². The topological polar surface area (TPSA) is 63.7 Å².